The summed E-state index contributed by atoms with van der Waals surface area (Å²) in [6.07, 6.45) is 1.77. The monoisotopic (exact) mass is 272 g/mol. The lowest BCUT2D eigenvalue weighted by molar-refractivity contribution is 0.0298. The molecule has 0 bridgehead atoms. The highest BCUT2D eigenvalue weighted by Gasteiger charge is 2.20. The maximum Gasteiger partial charge on any atom is 0.274 e. The molecule has 2 N–H and O–H groups in total. The zero-order valence-corrected chi connectivity index (χ0v) is 11.0. The molecule has 20 heavy (non-hydrogen) atoms. The molecule has 1 aliphatic rings. The molecule has 1 saturated heterocycles. The fourth-order valence-corrected chi connectivity index (χ4v) is 2.18. The van der Waals surface area contributed by atoms with Crippen molar-refractivity contribution < 1.29 is 9.53 Å². The molecule has 1 aromatic heterocycles. The Kier molecular flexibility index (Phi) is 3.39. The first-order chi connectivity index (χ1) is 9.74. The summed E-state index contributed by atoms with van der Waals surface area (Å²) in [7, 11) is 0. The highest BCUT2D eigenvalue weighted by molar-refractivity contribution is 5.92. The summed E-state index contributed by atoms with van der Waals surface area (Å²) >= 11 is 0. The van der Waals surface area contributed by atoms with Crippen molar-refractivity contribution in [3.63, 3.8) is 0 Å². The third-order valence-electron chi connectivity index (χ3n) is 3.24. The van der Waals surface area contributed by atoms with Crippen LogP contribution in [0.1, 0.15) is 10.5 Å². The molecule has 0 aliphatic carbocycles. The Bertz CT molecular complexity index is 617. The lowest BCUT2D eigenvalue weighted by atomic mass is 10.3. The molecular formula is C14H16N4O2. The van der Waals surface area contributed by atoms with Crippen molar-refractivity contribution in [2.45, 2.75) is 0 Å². The van der Waals surface area contributed by atoms with E-state index >= 15 is 0 Å². The summed E-state index contributed by atoms with van der Waals surface area (Å²) in [4.78, 5) is 14.0. The van der Waals surface area contributed by atoms with Gasteiger partial charge in [0.25, 0.3) is 5.91 Å². The van der Waals surface area contributed by atoms with Gasteiger partial charge >= 0.3 is 0 Å². The van der Waals surface area contributed by atoms with Crippen LogP contribution >= 0.6 is 0 Å². The zero-order chi connectivity index (χ0) is 13.9. The van der Waals surface area contributed by atoms with Crippen LogP contribution in [-0.4, -0.2) is 46.9 Å². The molecule has 104 valence electrons. The van der Waals surface area contributed by atoms with Crippen LogP contribution in [0.5, 0.6) is 0 Å². The van der Waals surface area contributed by atoms with E-state index in [9.17, 15) is 4.79 Å². The highest BCUT2D eigenvalue weighted by Crippen LogP contribution is 2.13. The van der Waals surface area contributed by atoms with E-state index in [0.717, 1.165) is 5.69 Å². The van der Waals surface area contributed by atoms with Gasteiger partial charge in [0.15, 0.2) is 5.69 Å². The summed E-state index contributed by atoms with van der Waals surface area (Å²) < 4.78 is 6.90. The Hall–Kier alpha value is -2.34. The molecule has 1 fully saturated rings. The van der Waals surface area contributed by atoms with Gasteiger partial charge in [-0.05, 0) is 24.3 Å². The van der Waals surface area contributed by atoms with E-state index in [0.29, 0.717) is 37.7 Å². The molecule has 1 aromatic carbocycles. The number of hydrogen-bond acceptors (Lipinski definition) is 4. The van der Waals surface area contributed by atoms with Gasteiger partial charge in [-0.3, -0.25) is 4.79 Å². The predicted molar refractivity (Wildman–Crippen MR) is 74.7 cm³/mol. The number of carbonyl (C=O) groups is 1. The summed E-state index contributed by atoms with van der Waals surface area (Å²) in [5.74, 6) is -0.0593. The lowest BCUT2D eigenvalue weighted by Gasteiger charge is -2.25. The average molecular weight is 272 g/mol. The molecule has 0 radical (unpaired) electrons. The van der Waals surface area contributed by atoms with Crippen molar-refractivity contribution >= 4 is 11.6 Å². The quantitative estimate of drug-likeness (QED) is 0.825. The Morgan fingerprint density at radius 3 is 2.80 bits per heavy atom. The highest BCUT2D eigenvalue weighted by atomic mass is 16.5. The first kappa shape index (κ1) is 12.7. The van der Waals surface area contributed by atoms with Gasteiger partial charge in [-0.1, -0.05) is 6.07 Å². The van der Waals surface area contributed by atoms with E-state index in [1.54, 1.807) is 21.8 Å². The van der Waals surface area contributed by atoms with E-state index in [4.69, 9.17) is 10.5 Å². The number of nitrogens with zero attached hydrogens (tertiary/aromatic N) is 3. The first-order valence-electron chi connectivity index (χ1n) is 6.53. The summed E-state index contributed by atoms with van der Waals surface area (Å²) in [5.41, 5.74) is 7.69. The number of amides is 1. The molecule has 0 atom stereocenters. The fraction of sp³-hybridized carbons (Fsp3) is 0.286. The third-order valence-corrected chi connectivity index (χ3v) is 3.24. The maximum atomic E-state index is 12.3. The Morgan fingerprint density at radius 2 is 2.05 bits per heavy atom. The number of aromatic nitrogens is 2. The molecule has 1 aliphatic heterocycles. The minimum Gasteiger partial charge on any atom is -0.399 e. The minimum absolute atomic E-state index is 0.0593. The van der Waals surface area contributed by atoms with Gasteiger partial charge in [0.1, 0.15) is 0 Å². The minimum atomic E-state index is -0.0593. The van der Waals surface area contributed by atoms with Crippen LogP contribution in [0.25, 0.3) is 5.69 Å². The van der Waals surface area contributed by atoms with Crippen molar-refractivity contribution in [1.82, 2.24) is 14.7 Å². The van der Waals surface area contributed by atoms with Crippen LogP contribution in [0, 0.1) is 0 Å². The number of benzene rings is 1. The number of carbonyl (C=O) groups excluding carboxylic acids is 1. The van der Waals surface area contributed by atoms with Gasteiger partial charge in [0, 0.05) is 25.0 Å². The van der Waals surface area contributed by atoms with Gasteiger partial charge in [0.2, 0.25) is 0 Å². The summed E-state index contributed by atoms with van der Waals surface area (Å²) in [6.45, 7) is 2.40. The number of nitrogen functional groups attached to an aromatic ring is 1. The zero-order valence-electron chi connectivity index (χ0n) is 11.0. The molecule has 6 heteroatoms. The molecule has 0 unspecified atom stereocenters. The normalized spacial score (nSPS) is 15.3. The second-order valence-corrected chi connectivity index (χ2v) is 4.65. The van der Waals surface area contributed by atoms with Gasteiger partial charge in [-0.25, -0.2) is 4.68 Å². The molecule has 1 amide bonds. The van der Waals surface area contributed by atoms with Crippen molar-refractivity contribution in [3.05, 3.63) is 42.2 Å². The number of anilines is 1. The summed E-state index contributed by atoms with van der Waals surface area (Å²) in [5, 5.41) is 4.33. The number of rotatable bonds is 2. The number of morpholine rings is 1. The summed E-state index contributed by atoms with van der Waals surface area (Å²) in [6, 6.07) is 9.10. The van der Waals surface area contributed by atoms with Crippen LogP contribution in [0.15, 0.2) is 36.5 Å². The van der Waals surface area contributed by atoms with E-state index in [1.807, 2.05) is 24.3 Å². The standard InChI is InChI=1S/C14H16N4O2/c15-11-2-1-3-12(10-11)18-5-4-13(16-18)14(19)17-6-8-20-9-7-17/h1-5,10H,6-9,15H2. The van der Waals surface area contributed by atoms with E-state index < -0.39 is 0 Å². The Labute approximate surface area is 116 Å². The smallest absolute Gasteiger partial charge is 0.274 e. The van der Waals surface area contributed by atoms with Gasteiger partial charge < -0.3 is 15.4 Å². The molecule has 2 aromatic rings. The third kappa shape index (κ3) is 2.50. The van der Waals surface area contributed by atoms with Crippen LogP contribution in [0.4, 0.5) is 5.69 Å². The fourth-order valence-electron chi connectivity index (χ4n) is 2.18. The Morgan fingerprint density at radius 1 is 1.25 bits per heavy atom. The van der Waals surface area contributed by atoms with Gasteiger partial charge in [0.05, 0.1) is 18.9 Å². The van der Waals surface area contributed by atoms with Gasteiger partial charge in [-0.2, -0.15) is 5.10 Å². The van der Waals surface area contributed by atoms with Crippen LogP contribution in [0.2, 0.25) is 0 Å². The van der Waals surface area contributed by atoms with E-state index in [1.165, 1.54) is 0 Å². The maximum absolute atomic E-state index is 12.3. The van der Waals surface area contributed by atoms with Crippen molar-refractivity contribution in [2.24, 2.45) is 0 Å². The van der Waals surface area contributed by atoms with Crippen LogP contribution in [-0.2, 0) is 4.74 Å². The SMILES string of the molecule is Nc1cccc(-n2ccc(C(=O)N3CCOCC3)n2)c1. The van der Waals surface area contributed by atoms with Crippen molar-refractivity contribution in [3.8, 4) is 5.69 Å². The number of ether oxygens (including phenoxy) is 1. The number of nitrogens with two attached hydrogens (primary N) is 1. The molecule has 3 rings (SSSR count). The van der Waals surface area contributed by atoms with Crippen molar-refractivity contribution in [2.75, 3.05) is 32.0 Å². The first-order valence-corrected chi connectivity index (χ1v) is 6.53. The van der Waals surface area contributed by atoms with E-state index in [-0.39, 0.29) is 5.91 Å². The predicted octanol–water partition coefficient (Wildman–Crippen LogP) is 0.927. The molecule has 6 nitrogen and oxygen atoms in total. The molecular weight excluding hydrogens is 256 g/mol. The lowest BCUT2D eigenvalue weighted by Crippen LogP contribution is -2.40. The molecule has 2 heterocycles. The van der Waals surface area contributed by atoms with E-state index in [2.05, 4.69) is 5.10 Å². The number of hydrogen-bond donors (Lipinski definition) is 1. The van der Waals surface area contributed by atoms with Gasteiger partial charge in [-0.15, -0.1) is 0 Å². The van der Waals surface area contributed by atoms with Crippen LogP contribution in [0.3, 0.4) is 0 Å². The molecule has 0 saturated carbocycles. The second kappa shape index (κ2) is 5.34. The topological polar surface area (TPSA) is 73.4 Å². The molecule has 0 spiro atoms. The van der Waals surface area contributed by atoms with Crippen LogP contribution < -0.4 is 5.73 Å². The average Bonchev–Trinajstić information content (AvgIpc) is 2.97. The Balaban J connectivity index is 1.81. The largest absolute Gasteiger partial charge is 0.399 e. The second-order valence-electron chi connectivity index (χ2n) is 4.65. The van der Waals surface area contributed by atoms with Crippen molar-refractivity contribution in [1.29, 1.82) is 0 Å².